The summed E-state index contributed by atoms with van der Waals surface area (Å²) >= 11 is 6.59. The summed E-state index contributed by atoms with van der Waals surface area (Å²) in [6.07, 6.45) is 6.22. The molecular formula is C15H16ClN3O. The maximum Gasteiger partial charge on any atom is 0.243 e. The third-order valence-corrected chi connectivity index (χ3v) is 4.09. The van der Waals surface area contributed by atoms with Crippen LogP contribution in [0.2, 0.25) is 5.02 Å². The Morgan fingerprint density at radius 3 is 2.95 bits per heavy atom. The number of benzene rings is 1. The summed E-state index contributed by atoms with van der Waals surface area (Å²) < 4.78 is 0. The van der Waals surface area contributed by atoms with Crippen molar-refractivity contribution in [3.63, 3.8) is 0 Å². The Morgan fingerprint density at radius 2 is 2.25 bits per heavy atom. The Labute approximate surface area is 122 Å². The lowest BCUT2D eigenvalue weighted by molar-refractivity contribution is -0.116. The van der Waals surface area contributed by atoms with Gasteiger partial charge < -0.3 is 16.0 Å². The van der Waals surface area contributed by atoms with E-state index in [1.165, 1.54) is 0 Å². The molecule has 1 amide bonds. The maximum absolute atomic E-state index is 11.2. The minimum absolute atomic E-state index is 0.0519. The molecule has 0 spiro atoms. The summed E-state index contributed by atoms with van der Waals surface area (Å²) in [4.78, 5) is 14.4. The van der Waals surface area contributed by atoms with Gasteiger partial charge in [0.1, 0.15) is 0 Å². The number of nitrogens with one attached hydrogen (secondary N) is 2. The summed E-state index contributed by atoms with van der Waals surface area (Å²) in [5, 5.41) is 4.62. The van der Waals surface area contributed by atoms with E-state index in [0.717, 1.165) is 33.5 Å². The van der Waals surface area contributed by atoms with Crippen LogP contribution in [0.3, 0.4) is 0 Å². The van der Waals surface area contributed by atoms with Gasteiger partial charge in [0, 0.05) is 29.6 Å². The van der Waals surface area contributed by atoms with E-state index in [1.807, 2.05) is 24.4 Å². The molecule has 0 radical (unpaired) electrons. The zero-order valence-corrected chi connectivity index (χ0v) is 11.7. The Bertz CT molecular complexity index is 690. The first-order valence-corrected chi connectivity index (χ1v) is 7.03. The molecule has 5 heteroatoms. The fraction of sp³-hybridized carbons (Fsp3) is 0.267. The number of rotatable bonds is 3. The van der Waals surface area contributed by atoms with Gasteiger partial charge in [-0.25, -0.2) is 0 Å². The van der Waals surface area contributed by atoms with Crippen molar-refractivity contribution in [1.82, 2.24) is 10.3 Å². The molecule has 4 N–H and O–H groups in total. The molecule has 104 valence electrons. The molecule has 1 aromatic heterocycles. The molecule has 0 fully saturated rings. The Hall–Kier alpha value is -1.78. The summed E-state index contributed by atoms with van der Waals surface area (Å²) in [5.74, 6) is 0.0640. The smallest absolute Gasteiger partial charge is 0.243 e. The van der Waals surface area contributed by atoms with Crippen molar-refractivity contribution in [3.8, 4) is 0 Å². The molecule has 1 aliphatic heterocycles. The number of nitrogens with two attached hydrogens (primary N) is 1. The average molecular weight is 290 g/mol. The zero-order valence-electron chi connectivity index (χ0n) is 10.9. The summed E-state index contributed by atoms with van der Waals surface area (Å²) in [7, 11) is 0. The number of aromatic amines is 1. The van der Waals surface area contributed by atoms with Crippen LogP contribution in [0.1, 0.15) is 17.0 Å². The van der Waals surface area contributed by atoms with Gasteiger partial charge in [0.25, 0.3) is 0 Å². The first-order chi connectivity index (χ1) is 9.70. The molecule has 0 saturated heterocycles. The van der Waals surface area contributed by atoms with Crippen molar-refractivity contribution in [2.45, 2.75) is 12.3 Å². The van der Waals surface area contributed by atoms with E-state index in [0.29, 0.717) is 13.1 Å². The minimum atomic E-state index is -0.0519. The summed E-state index contributed by atoms with van der Waals surface area (Å²) in [6.45, 7) is 1.17. The van der Waals surface area contributed by atoms with Gasteiger partial charge in [0.15, 0.2) is 0 Å². The van der Waals surface area contributed by atoms with E-state index in [-0.39, 0.29) is 11.8 Å². The normalized spacial score (nSPS) is 18.5. The van der Waals surface area contributed by atoms with Crippen LogP contribution < -0.4 is 11.1 Å². The van der Waals surface area contributed by atoms with Crippen molar-refractivity contribution in [1.29, 1.82) is 0 Å². The van der Waals surface area contributed by atoms with Gasteiger partial charge in [-0.15, -0.1) is 0 Å². The summed E-state index contributed by atoms with van der Waals surface area (Å²) in [5.41, 5.74) is 8.83. The second-order valence-electron chi connectivity index (χ2n) is 4.95. The van der Waals surface area contributed by atoms with E-state index in [4.69, 9.17) is 17.3 Å². The van der Waals surface area contributed by atoms with Crippen molar-refractivity contribution < 1.29 is 4.79 Å². The number of carbonyl (C=O) groups excluding carboxylic acids is 1. The lowest BCUT2D eigenvalue weighted by Crippen LogP contribution is -2.30. The van der Waals surface area contributed by atoms with Crippen LogP contribution >= 0.6 is 11.6 Å². The predicted molar refractivity (Wildman–Crippen MR) is 81.0 cm³/mol. The number of carbonyl (C=O) groups is 1. The largest absolute Gasteiger partial charge is 0.361 e. The van der Waals surface area contributed by atoms with Crippen LogP contribution in [0, 0.1) is 0 Å². The molecule has 20 heavy (non-hydrogen) atoms. The van der Waals surface area contributed by atoms with E-state index in [9.17, 15) is 4.79 Å². The Morgan fingerprint density at radius 1 is 1.40 bits per heavy atom. The first-order valence-electron chi connectivity index (χ1n) is 6.65. The predicted octanol–water partition coefficient (Wildman–Crippen LogP) is 2.09. The van der Waals surface area contributed by atoms with Crippen LogP contribution in [-0.2, 0) is 11.2 Å². The molecule has 3 rings (SSSR count). The first kappa shape index (κ1) is 13.2. The number of aromatic nitrogens is 1. The van der Waals surface area contributed by atoms with Crippen LogP contribution in [0.4, 0.5) is 0 Å². The molecule has 0 aliphatic carbocycles. The highest BCUT2D eigenvalue weighted by molar-refractivity contribution is 6.36. The van der Waals surface area contributed by atoms with Gasteiger partial charge in [-0.3, -0.25) is 4.79 Å². The topological polar surface area (TPSA) is 70.9 Å². The van der Waals surface area contributed by atoms with Gasteiger partial charge in [0.05, 0.1) is 5.02 Å². The van der Waals surface area contributed by atoms with Crippen LogP contribution in [0.15, 0.2) is 30.5 Å². The van der Waals surface area contributed by atoms with Gasteiger partial charge in [-0.2, -0.15) is 0 Å². The van der Waals surface area contributed by atoms with E-state index >= 15 is 0 Å². The molecular weight excluding hydrogens is 274 g/mol. The van der Waals surface area contributed by atoms with Crippen molar-refractivity contribution >= 4 is 28.4 Å². The molecule has 1 aliphatic rings. The molecule has 1 atom stereocenters. The standard InChI is InChI=1S/C15H16ClN3O/c16-15-11(9-1-4-13(20)19-7-9)2-3-12-14(15)10(5-6-17)8-18-12/h1-4,8-9,18H,5-7,17H2,(H,19,20). The van der Waals surface area contributed by atoms with E-state index in [2.05, 4.69) is 10.3 Å². The molecule has 2 heterocycles. The fourth-order valence-corrected chi connectivity index (χ4v) is 3.08. The molecule has 0 saturated carbocycles. The maximum atomic E-state index is 11.2. The van der Waals surface area contributed by atoms with E-state index in [1.54, 1.807) is 6.08 Å². The van der Waals surface area contributed by atoms with Crippen molar-refractivity contribution in [2.24, 2.45) is 5.73 Å². The number of amides is 1. The monoisotopic (exact) mass is 289 g/mol. The molecule has 1 unspecified atom stereocenters. The van der Waals surface area contributed by atoms with Crippen LogP contribution in [-0.4, -0.2) is 24.0 Å². The minimum Gasteiger partial charge on any atom is -0.361 e. The second-order valence-corrected chi connectivity index (χ2v) is 5.33. The van der Waals surface area contributed by atoms with E-state index < -0.39 is 0 Å². The van der Waals surface area contributed by atoms with Gasteiger partial charge >= 0.3 is 0 Å². The van der Waals surface area contributed by atoms with Crippen LogP contribution in [0.5, 0.6) is 0 Å². The fourth-order valence-electron chi connectivity index (χ4n) is 2.66. The van der Waals surface area contributed by atoms with Gasteiger partial charge in [0.2, 0.25) is 5.91 Å². The number of H-pyrrole nitrogens is 1. The Kier molecular flexibility index (Phi) is 3.51. The van der Waals surface area contributed by atoms with Gasteiger partial charge in [-0.1, -0.05) is 23.7 Å². The van der Waals surface area contributed by atoms with Crippen molar-refractivity contribution in [3.05, 3.63) is 46.6 Å². The molecule has 1 aromatic carbocycles. The van der Waals surface area contributed by atoms with Gasteiger partial charge in [-0.05, 0) is 36.2 Å². The quantitative estimate of drug-likeness (QED) is 0.810. The van der Waals surface area contributed by atoms with Crippen molar-refractivity contribution in [2.75, 3.05) is 13.1 Å². The summed E-state index contributed by atoms with van der Waals surface area (Å²) in [6, 6.07) is 4.04. The number of halogens is 1. The highest BCUT2D eigenvalue weighted by atomic mass is 35.5. The number of hydrogen-bond acceptors (Lipinski definition) is 2. The zero-order chi connectivity index (χ0) is 14.1. The lowest BCUT2D eigenvalue weighted by atomic mass is 9.94. The molecule has 4 nitrogen and oxygen atoms in total. The third-order valence-electron chi connectivity index (χ3n) is 3.68. The number of hydrogen-bond donors (Lipinski definition) is 3. The third kappa shape index (κ3) is 2.21. The SMILES string of the molecule is NCCc1c[nH]c2ccc(C3C=CC(=O)NC3)c(Cl)c12. The average Bonchev–Trinajstić information content (AvgIpc) is 2.85. The highest BCUT2D eigenvalue weighted by Gasteiger charge is 2.19. The molecule has 2 aromatic rings. The molecule has 0 bridgehead atoms. The number of fused-ring (bicyclic) bond motifs is 1. The second kappa shape index (κ2) is 5.31. The van der Waals surface area contributed by atoms with Crippen LogP contribution in [0.25, 0.3) is 10.9 Å². The lowest BCUT2D eigenvalue weighted by Gasteiger charge is -2.19. The highest BCUT2D eigenvalue weighted by Crippen LogP contribution is 2.35. The Balaban J connectivity index is 2.08.